The van der Waals surface area contributed by atoms with E-state index in [9.17, 15) is 4.79 Å². The highest BCUT2D eigenvalue weighted by atomic mass is 35.5. The second kappa shape index (κ2) is 4.28. The van der Waals surface area contributed by atoms with Crippen molar-refractivity contribution in [2.24, 2.45) is 0 Å². The first-order chi connectivity index (χ1) is 6.13. The maximum Gasteiger partial charge on any atom is 0.224 e. The van der Waals surface area contributed by atoms with Gasteiger partial charge in [-0.15, -0.1) is 0 Å². The Morgan fingerprint density at radius 2 is 2.23 bits per heavy atom. The molecule has 0 bridgehead atoms. The van der Waals surface area contributed by atoms with E-state index in [1.165, 1.54) is 0 Å². The monoisotopic (exact) mass is 197 g/mol. The Hall–Kier alpha value is -1.02. The molecule has 0 saturated heterocycles. The SMILES string of the molecule is CNC(=O)Cc1ccc(C)cc1Cl. The second-order valence-corrected chi connectivity index (χ2v) is 3.35. The fourth-order valence-electron chi connectivity index (χ4n) is 1.06. The molecule has 0 atom stereocenters. The van der Waals surface area contributed by atoms with Gasteiger partial charge in [0.1, 0.15) is 0 Å². The van der Waals surface area contributed by atoms with Crippen molar-refractivity contribution >= 4 is 17.5 Å². The standard InChI is InChI=1S/C10H12ClNO/c1-7-3-4-8(9(11)5-7)6-10(13)12-2/h3-5H,6H2,1-2H3,(H,12,13). The van der Waals surface area contributed by atoms with Gasteiger partial charge in [-0.1, -0.05) is 23.7 Å². The summed E-state index contributed by atoms with van der Waals surface area (Å²) in [6, 6.07) is 5.69. The number of nitrogens with one attached hydrogen (secondary N) is 1. The minimum Gasteiger partial charge on any atom is -0.359 e. The summed E-state index contributed by atoms with van der Waals surface area (Å²) in [5, 5.41) is 3.21. The van der Waals surface area contributed by atoms with Crippen LogP contribution in [0.2, 0.25) is 5.02 Å². The van der Waals surface area contributed by atoms with Crippen molar-refractivity contribution in [2.75, 3.05) is 7.05 Å². The molecule has 1 aromatic carbocycles. The molecule has 0 spiro atoms. The molecule has 1 rings (SSSR count). The van der Waals surface area contributed by atoms with Gasteiger partial charge in [0, 0.05) is 12.1 Å². The van der Waals surface area contributed by atoms with Gasteiger partial charge >= 0.3 is 0 Å². The normalized spacial score (nSPS) is 9.77. The zero-order chi connectivity index (χ0) is 9.84. The Morgan fingerprint density at radius 1 is 1.54 bits per heavy atom. The molecule has 3 heteroatoms. The lowest BCUT2D eigenvalue weighted by Gasteiger charge is -2.03. The van der Waals surface area contributed by atoms with E-state index >= 15 is 0 Å². The van der Waals surface area contributed by atoms with Crippen molar-refractivity contribution in [1.82, 2.24) is 5.32 Å². The molecule has 0 aromatic heterocycles. The molecule has 0 aliphatic carbocycles. The lowest BCUT2D eigenvalue weighted by atomic mass is 10.1. The van der Waals surface area contributed by atoms with Gasteiger partial charge in [0.15, 0.2) is 0 Å². The van der Waals surface area contributed by atoms with Gasteiger partial charge < -0.3 is 5.32 Å². The van der Waals surface area contributed by atoms with Gasteiger partial charge in [0.25, 0.3) is 0 Å². The Balaban J connectivity index is 2.83. The summed E-state index contributed by atoms with van der Waals surface area (Å²) in [5.74, 6) is -0.0225. The number of amides is 1. The number of carbonyl (C=O) groups is 1. The highest BCUT2D eigenvalue weighted by Crippen LogP contribution is 2.17. The fourth-order valence-corrected chi connectivity index (χ4v) is 1.36. The molecule has 0 aliphatic rings. The molecular weight excluding hydrogens is 186 g/mol. The van der Waals surface area contributed by atoms with Crippen molar-refractivity contribution in [3.8, 4) is 0 Å². The third-order valence-corrected chi connectivity index (χ3v) is 2.19. The van der Waals surface area contributed by atoms with Crippen LogP contribution in [0.4, 0.5) is 0 Å². The van der Waals surface area contributed by atoms with Crippen LogP contribution in [0.1, 0.15) is 11.1 Å². The van der Waals surface area contributed by atoms with Gasteiger partial charge in [-0.05, 0) is 24.1 Å². The lowest BCUT2D eigenvalue weighted by Crippen LogP contribution is -2.20. The van der Waals surface area contributed by atoms with Crippen molar-refractivity contribution in [2.45, 2.75) is 13.3 Å². The van der Waals surface area contributed by atoms with Crippen molar-refractivity contribution in [1.29, 1.82) is 0 Å². The summed E-state index contributed by atoms with van der Waals surface area (Å²) in [7, 11) is 1.62. The maximum atomic E-state index is 11.0. The van der Waals surface area contributed by atoms with E-state index < -0.39 is 0 Å². The predicted octanol–water partition coefficient (Wildman–Crippen LogP) is 1.94. The molecule has 70 valence electrons. The van der Waals surface area contributed by atoms with Crippen molar-refractivity contribution in [3.63, 3.8) is 0 Å². The fraction of sp³-hybridized carbons (Fsp3) is 0.300. The van der Waals surface area contributed by atoms with Crippen molar-refractivity contribution < 1.29 is 4.79 Å². The van der Waals surface area contributed by atoms with Crippen LogP contribution in [0, 0.1) is 6.92 Å². The first kappa shape index (κ1) is 10.1. The number of benzene rings is 1. The van der Waals surface area contributed by atoms with E-state index in [0.717, 1.165) is 11.1 Å². The molecule has 1 aromatic rings. The van der Waals surface area contributed by atoms with E-state index in [-0.39, 0.29) is 5.91 Å². The topological polar surface area (TPSA) is 29.1 Å². The summed E-state index contributed by atoms with van der Waals surface area (Å²) < 4.78 is 0. The second-order valence-electron chi connectivity index (χ2n) is 2.94. The number of rotatable bonds is 2. The largest absolute Gasteiger partial charge is 0.359 e. The van der Waals surface area contributed by atoms with Crippen molar-refractivity contribution in [3.05, 3.63) is 34.3 Å². The Morgan fingerprint density at radius 3 is 2.77 bits per heavy atom. The third-order valence-electron chi connectivity index (χ3n) is 1.84. The van der Waals surface area contributed by atoms with Gasteiger partial charge in [-0.2, -0.15) is 0 Å². The third kappa shape index (κ3) is 2.74. The summed E-state index contributed by atoms with van der Waals surface area (Å²) in [5.41, 5.74) is 1.97. The summed E-state index contributed by atoms with van der Waals surface area (Å²) >= 11 is 5.95. The number of aryl methyl sites for hydroxylation is 1. The van der Waals surface area contributed by atoms with Gasteiger partial charge in [0.05, 0.1) is 6.42 Å². The average Bonchev–Trinajstić information content (AvgIpc) is 2.09. The smallest absolute Gasteiger partial charge is 0.224 e. The molecule has 0 heterocycles. The highest BCUT2D eigenvalue weighted by molar-refractivity contribution is 6.31. The highest BCUT2D eigenvalue weighted by Gasteiger charge is 2.04. The lowest BCUT2D eigenvalue weighted by molar-refractivity contribution is -0.119. The minimum atomic E-state index is -0.0225. The van der Waals surface area contributed by atoms with Gasteiger partial charge in [-0.25, -0.2) is 0 Å². The van der Waals surface area contributed by atoms with Crippen LogP contribution in [0.5, 0.6) is 0 Å². The number of hydrogen-bond acceptors (Lipinski definition) is 1. The van der Waals surface area contributed by atoms with E-state index in [2.05, 4.69) is 5.32 Å². The molecule has 2 nitrogen and oxygen atoms in total. The Bertz CT molecular complexity index is 323. The summed E-state index contributed by atoms with van der Waals surface area (Å²) in [6.07, 6.45) is 0.343. The van der Waals surface area contributed by atoms with E-state index in [4.69, 9.17) is 11.6 Å². The molecule has 0 aliphatic heterocycles. The summed E-state index contributed by atoms with van der Waals surface area (Å²) in [6.45, 7) is 1.97. The average molecular weight is 198 g/mol. The van der Waals surface area contributed by atoms with E-state index in [0.29, 0.717) is 11.4 Å². The first-order valence-electron chi connectivity index (χ1n) is 4.09. The molecule has 0 saturated carbocycles. The zero-order valence-electron chi connectivity index (χ0n) is 7.73. The molecule has 1 N–H and O–H groups in total. The Kier molecular flexibility index (Phi) is 3.32. The molecule has 13 heavy (non-hydrogen) atoms. The Labute approximate surface area is 82.9 Å². The number of likely N-dealkylation sites (N-methyl/N-ethyl adjacent to an activating group) is 1. The molecule has 1 amide bonds. The number of carbonyl (C=O) groups excluding carboxylic acids is 1. The molecular formula is C10H12ClNO. The van der Waals surface area contributed by atoms with Crippen LogP contribution < -0.4 is 5.32 Å². The molecule has 0 fully saturated rings. The maximum absolute atomic E-state index is 11.0. The molecule has 0 unspecified atom stereocenters. The van der Waals surface area contributed by atoms with Crippen LogP contribution in [0.25, 0.3) is 0 Å². The predicted molar refractivity (Wildman–Crippen MR) is 54.0 cm³/mol. The van der Waals surface area contributed by atoms with Crippen LogP contribution in [0.15, 0.2) is 18.2 Å². The first-order valence-corrected chi connectivity index (χ1v) is 4.47. The quantitative estimate of drug-likeness (QED) is 0.772. The summed E-state index contributed by atoms with van der Waals surface area (Å²) in [4.78, 5) is 11.0. The van der Waals surface area contributed by atoms with Crippen LogP contribution >= 0.6 is 11.6 Å². The molecule has 0 radical (unpaired) electrons. The number of hydrogen-bond donors (Lipinski definition) is 1. The van der Waals surface area contributed by atoms with E-state index in [1.807, 2.05) is 25.1 Å². The van der Waals surface area contributed by atoms with Gasteiger partial charge in [0.2, 0.25) is 5.91 Å². The van der Waals surface area contributed by atoms with Crippen LogP contribution in [0.3, 0.4) is 0 Å². The minimum absolute atomic E-state index is 0.0225. The van der Waals surface area contributed by atoms with Crippen LogP contribution in [-0.4, -0.2) is 13.0 Å². The zero-order valence-corrected chi connectivity index (χ0v) is 8.48. The van der Waals surface area contributed by atoms with Gasteiger partial charge in [-0.3, -0.25) is 4.79 Å². The van der Waals surface area contributed by atoms with E-state index in [1.54, 1.807) is 7.05 Å². The van der Waals surface area contributed by atoms with Crippen LogP contribution in [-0.2, 0) is 11.2 Å². The number of halogens is 1.